The van der Waals surface area contributed by atoms with Gasteiger partial charge in [-0.05, 0) is 31.0 Å². The minimum absolute atomic E-state index is 0.338. The SMILES string of the molecule is Cc1ccc(-c2csc3nc(-c4ccccc4C)oc(=O)c23)cc1. The monoisotopic (exact) mass is 333 g/mol. The summed E-state index contributed by atoms with van der Waals surface area (Å²) in [6, 6.07) is 15.9. The largest absolute Gasteiger partial charge is 0.403 e. The van der Waals surface area contributed by atoms with E-state index in [2.05, 4.69) is 4.98 Å². The van der Waals surface area contributed by atoms with Gasteiger partial charge < -0.3 is 4.42 Å². The number of nitrogens with zero attached hydrogens (tertiary/aromatic N) is 1. The fourth-order valence-corrected chi connectivity index (χ4v) is 3.68. The van der Waals surface area contributed by atoms with E-state index in [0.717, 1.165) is 22.3 Å². The quantitative estimate of drug-likeness (QED) is 0.506. The molecule has 0 aliphatic carbocycles. The third-order valence-corrected chi connectivity index (χ3v) is 4.98. The fraction of sp³-hybridized carbons (Fsp3) is 0.100. The number of thiophene rings is 1. The molecule has 4 rings (SSSR count). The molecular weight excluding hydrogens is 318 g/mol. The molecule has 0 aliphatic heterocycles. The lowest BCUT2D eigenvalue weighted by molar-refractivity contribution is 0.519. The Morgan fingerprint density at radius 2 is 1.71 bits per heavy atom. The lowest BCUT2D eigenvalue weighted by Gasteiger charge is -2.04. The van der Waals surface area contributed by atoms with Crippen molar-refractivity contribution in [1.82, 2.24) is 4.98 Å². The highest BCUT2D eigenvalue weighted by molar-refractivity contribution is 7.17. The molecule has 0 unspecified atom stereocenters. The van der Waals surface area contributed by atoms with Gasteiger partial charge >= 0.3 is 5.63 Å². The third kappa shape index (κ3) is 2.45. The van der Waals surface area contributed by atoms with Gasteiger partial charge in [0.15, 0.2) is 0 Å². The Morgan fingerprint density at radius 1 is 0.958 bits per heavy atom. The van der Waals surface area contributed by atoms with Gasteiger partial charge in [0.25, 0.3) is 0 Å². The maximum Gasteiger partial charge on any atom is 0.348 e. The van der Waals surface area contributed by atoms with E-state index in [4.69, 9.17) is 4.42 Å². The molecule has 2 aromatic carbocycles. The van der Waals surface area contributed by atoms with Crippen molar-refractivity contribution in [1.29, 1.82) is 0 Å². The number of hydrogen-bond acceptors (Lipinski definition) is 4. The summed E-state index contributed by atoms with van der Waals surface area (Å²) in [6.07, 6.45) is 0. The number of fused-ring (bicyclic) bond motifs is 1. The minimum Gasteiger partial charge on any atom is -0.403 e. The average Bonchev–Trinajstić information content (AvgIpc) is 3.00. The van der Waals surface area contributed by atoms with Crippen molar-refractivity contribution in [3.8, 4) is 22.6 Å². The molecule has 0 N–H and O–H groups in total. The Hall–Kier alpha value is -2.72. The first-order valence-electron chi connectivity index (χ1n) is 7.69. The maximum absolute atomic E-state index is 12.6. The molecule has 2 heterocycles. The summed E-state index contributed by atoms with van der Waals surface area (Å²) in [5.41, 5.74) is 4.61. The van der Waals surface area contributed by atoms with Crippen molar-refractivity contribution in [2.24, 2.45) is 0 Å². The molecule has 0 saturated heterocycles. The van der Waals surface area contributed by atoms with Crippen LogP contribution in [-0.2, 0) is 0 Å². The molecule has 3 nitrogen and oxygen atoms in total. The van der Waals surface area contributed by atoms with Crippen LogP contribution in [0.15, 0.2) is 63.1 Å². The molecule has 0 atom stereocenters. The van der Waals surface area contributed by atoms with E-state index in [1.807, 2.05) is 67.8 Å². The van der Waals surface area contributed by atoms with Crippen LogP contribution in [0.25, 0.3) is 32.8 Å². The lowest BCUT2D eigenvalue weighted by atomic mass is 10.1. The van der Waals surface area contributed by atoms with Crippen LogP contribution < -0.4 is 5.63 Å². The summed E-state index contributed by atoms with van der Waals surface area (Å²) in [6.45, 7) is 4.02. The van der Waals surface area contributed by atoms with Gasteiger partial charge in [-0.2, -0.15) is 0 Å². The van der Waals surface area contributed by atoms with E-state index in [-0.39, 0.29) is 5.63 Å². The number of aromatic nitrogens is 1. The topological polar surface area (TPSA) is 43.1 Å². The Balaban J connectivity index is 1.92. The number of aryl methyl sites for hydroxylation is 2. The van der Waals surface area contributed by atoms with Gasteiger partial charge in [0.1, 0.15) is 10.2 Å². The second kappa shape index (κ2) is 5.73. The van der Waals surface area contributed by atoms with E-state index in [1.54, 1.807) is 0 Å². The van der Waals surface area contributed by atoms with Gasteiger partial charge in [0.05, 0.1) is 0 Å². The van der Waals surface area contributed by atoms with Gasteiger partial charge in [-0.25, -0.2) is 9.78 Å². The molecule has 0 fully saturated rings. The van der Waals surface area contributed by atoms with Crippen LogP contribution in [0.3, 0.4) is 0 Å². The van der Waals surface area contributed by atoms with Crippen molar-refractivity contribution in [2.45, 2.75) is 13.8 Å². The van der Waals surface area contributed by atoms with Crippen molar-refractivity contribution in [3.63, 3.8) is 0 Å². The van der Waals surface area contributed by atoms with Gasteiger partial charge in [0, 0.05) is 16.5 Å². The zero-order valence-corrected chi connectivity index (χ0v) is 14.2. The highest BCUT2D eigenvalue weighted by atomic mass is 32.1. The molecule has 4 heteroatoms. The van der Waals surface area contributed by atoms with E-state index < -0.39 is 0 Å². The standard InChI is InChI=1S/C20H15NO2S/c1-12-7-9-14(10-8-12)16-11-24-19-17(16)20(22)23-18(21-19)15-6-4-3-5-13(15)2/h3-11H,1-2H3. The number of hydrogen-bond donors (Lipinski definition) is 0. The molecule has 0 amide bonds. The molecule has 4 aromatic rings. The minimum atomic E-state index is -0.338. The molecule has 0 radical (unpaired) electrons. The zero-order valence-electron chi connectivity index (χ0n) is 13.4. The summed E-state index contributed by atoms with van der Waals surface area (Å²) in [4.78, 5) is 17.9. The summed E-state index contributed by atoms with van der Waals surface area (Å²) < 4.78 is 5.54. The van der Waals surface area contributed by atoms with Crippen LogP contribution in [0.5, 0.6) is 0 Å². The average molecular weight is 333 g/mol. The summed E-state index contributed by atoms with van der Waals surface area (Å²) in [7, 11) is 0. The van der Waals surface area contributed by atoms with Crippen LogP contribution in [0.4, 0.5) is 0 Å². The van der Waals surface area contributed by atoms with Crippen molar-refractivity contribution in [3.05, 3.63) is 75.5 Å². The van der Waals surface area contributed by atoms with Crippen LogP contribution in [-0.4, -0.2) is 4.98 Å². The van der Waals surface area contributed by atoms with Gasteiger partial charge in [-0.3, -0.25) is 0 Å². The third-order valence-electron chi connectivity index (χ3n) is 4.11. The first-order valence-corrected chi connectivity index (χ1v) is 8.57. The molecule has 2 aromatic heterocycles. The smallest absolute Gasteiger partial charge is 0.348 e. The zero-order chi connectivity index (χ0) is 16.7. The van der Waals surface area contributed by atoms with Crippen LogP contribution in [0.1, 0.15) is 11.1 Å². The number of benzene rings is 2. The molecule has 0 saturated carbocycles. The first kappa shape index (κ1) is 14.8. The van der Waals surface area contributed by atoms with E-state index in [9.17, 15) is 4.79 Å². The van der Waals surface area contributed by atoms with Gasteiger partial charge in [-0.15, -0.1) is 11.3 Å². The highest BCUT2D eigenvalue weighted by Crippen LogP contribution is 2.32. The van der Waals surface area contributed by atoms with Crippen molar-refractivity contribution in [2.75, 3.05) is 0 Å². The highest BCUT2D eigenvalue weighted by Gasteiger charge is 2.16. The summed E-state index contributed by atoms with van der Waals surface area (Å²) >= 11 is 1.47. The molecule has 0 spiro atoms. The fourth-order valence-electron chi connectivity index (χ4n) is 2.75. The lowest BCUT2D eigenvalue weighted by Crippen LogP contribution is -2.02. The van der Waals surface area contributed by atoms with E-state index in [1.165, 1.54) is 16.9 Å². The Labute approximate surface area is 143 Å². The van der Waals surface area contributed by atoms with Crippen LogP contribution in [0, 0.1) is 13.8 Å². The Bertz CT molecular complexity index is 1090. The summed E-state index contributed by atoms with van der Waals surface area (Å²) in [5, 5.41) is 2.53. The predicted molar refractivity (Wildman–Crippen MR) is 98.5 cm³/mol. The maximum atomic E-state index is 12.6. The van der Waals surface area contributed by atoms with Gasteiger partial charge in [-0.1, -0.05) is 48.0 Å². The number of rotatable bonds is 2. The van der Waals surface area contributed by atoms with E-state index >= 15 is 0 Å². The molecule has 118 valence electrons. The van der Waals surface area contributed by atoms with Crippen molar-refractivity contribution >= 4 is 21.6 Å². The van der Waals surface area contributed by atoms with Crippen molar-refractivity contribution < 1.29 is 4.42 Å². The van der Waals surface area contributed by atoms with Gasteiger partial charge in [0.2, 0.25) is 5.89 Å². The van der Waals surface area contributed by atoms with Crippen LogP contribution >= 0.6 is 11.3 Å². The molecule has 0 bridgehead atoms. The first-order chi connectivity index (χ1) is 11.6. The molecule has 24 heavy (non-hydrogen) atoms. The molecule has 0 aliphatic rings. The second-order valence-electron chi connectivity index (χ2n) is 5.82. The Morgan fingerprint density at radius 3 is 2.46 bits per heavy atom. The normalized spacial score (nSPS) is 11.1. The van der Waals surface area contributed by atoms with E-state index in [0.29, 0.717) is 16.1 Å². The Kier molecular flexibility index (Phi) is 3.54. The second-order valence-corrected chi connectivity index (χ2v) is 6.68. The molecular formula is C20H15NO2S. The van der Waals surface area contributed by atoms with Crippen LogP contribution in [0.2, 0.25) is 0 Å². The summed E-state index contributed by atoms with van der Waals surface area (Å²) in [5.74, 6) is 0.378. The predicted octanol–water partition coefficient (Wildman–Crippen LogP) is 5.20.